The molecule has 2 atom stereocenters. The summed E-state index contributed by atoms with van der Waals surface area (Å²) in [7, 11) is 1.49. The lowest BCUT2D eigenvalue weighted by Crippen LogP contribution is -2.37. The Labute approximate surface area is 204 Å². The number of esters is 1. The maximum absolute atomic E-state index is 13.5. The number of benzene rings is 2. The quantitative estimate of drug-likeness (QED) is 0.373. The third-order valence-corrected chi connectivity index (χ3v) is 7.13. The molecule has 1 fully saturated rings. The van der Waals surface area contributed by atoms with Gasteiger partial charge < -0.3 is 23.8 Å². The number of likely N-dealkylation sites (tertiary alicyclic amines) is 1. The lowest BCUT2D eigenvalue weighted by molar-refractivity contribution is -0.141. The van der Waals surface area contributed by atoms with E-state index in [9.17, 15) is 18.0 Å². The Balaban J connectivity index is 1.90. The number of aryl methyl sites for hydroxylation is 1. The molecular formula is C24H29NO9S. The molecular weight excluding hydrogens is 478 g/mol. The van der Waals surface area contributed by atoms with Crippen molar-refractivity contribution in [2.45, 2.75) is 36.8 Å². The van der Waals surface area contributed by atoms with Gasteiger partial charge in [0.05, 0.1) is 45.9 Å². The Morgan fingerprint density at radius 2 is 1.57 bits per heavy atom. The normalized spacial score (nSPS) is 17.7. The summed E-state index contributed by atoms with van der Waals surface area (Å²) in [5.74, 6) is -0.0801. The highest BCUT2D eigenvalue weighted by Gasteiger charge is 2.40. The minimum Gasteiger partial charge on any atom is -0.493 e. The Morgan fingerprint density at radius 3 is 2.09 bits per heavy atom. The Hall–Kier alpha value is -3.31. The topological polar surface area (TPSA) is 118 Å². The molecule has 2 aromatic rings. The molecule has 35 heavy (non-hydrogen) atoms. The number of hydrogen-bond acceptors (Lipinski definition) is 9. The number of methoxy groups -OCH3 is 4. The van der Waals surface area contributed by atoms with E-state index in [0.717, 1.165) is 5.56 Å². The zero-order valence-corrected chi connectivity index (χ0v) is 21.1. The molecule has 0 N–H and O–H groups in total. The van der Waals surface area contributed by atoms with Crippen molar-refractivity contribution in [3.8, 4) is 17.2 Å². The molecule has 1 aliphatic rings. The van der Waals surface area contributed by atoms with Crippen molar-refractivity contribution in [3.05, 3.63) is 47.5 Å². The van der Waals surface area contributed by atoms with Gasteiger partial charge in [0.1, 0.15) is 0 Å². The van der Waals surface area contributed by atoms with Crippen LogP contribution in [0.3, 0.4) is 0 Å². The monoisotopic (exact) mass is 507 g/mol. The van der Waals surface area contributed by atoms with Crippen molar-refractivity contribution in [2.75, 3.05) is 35.0 Å². The van der Waals surface area contributed by atoms with Crippen molar-refractivity contribution in [1.29, 1.82) is 0 Å². The van der Waals surface area contributed by atoms with E-state index in [4.69, 9.17) is 23.1 Å². The maximum atomic E-state index is 13.5. The zero-order valence-electron chi connectivity index (χ0n) is 20.3. The number of carbonyl (C=O) groups is 2. The molecule has 1 heterocycles. The van der Waals surface area contributed by atoms with Gasteiger partial charge in [-0.3, -0.25) is 13.8 Å². The number of nitrogens with zero attached hydrogens (tertiary/aromatic N) is 1. The first-order chi connectivity index (χ1) is 16.6. The van der Waals surface area contributed by atoms with Crippen LogP contribution >= 0.6 is 0 Å². The van der Waals surface area contributed by atoms with Crippen LogP contribution in [0.4, 0.5) is 0 Å². The molecule has 0 bridgehead atoms. The van der Waals surface area contributed by atoms with E-state index in [1.165, 1.54) is 57.6 Å². The molecule has 0 aliphatic carbocycles. The van der Waals surface area contributed by atoms with Crippen LogP contribution in [0, 0.1) is 6.92 Å². The van der Waals surface area contributed by atoms with E-state index in [-0.39, 0.29) is 41.3 Å². The number of carbonyl (C=O) groups excluding carboxylic acids is 2. The Morgan fingerprint density at radius 1 is 0.971 bits per heavy atom. The first-order valence-electron chi connectivity index (χ1n) is 10.8. The fraction of sp³-hybridized carbons (Fsp3) is 0.417. The van der Waals surface area contributed by atoms with Crippen LogP contribution in [-0.4, -0.2) is 72.3 Å². The lowest BCUT2D eigenvalue weighted by Gasteiger charge is -2.24. The molecule has 10 nitrogen and oxygen atoms in total. The second-order valence-corrected chi connectivity index (χ2v) is 9.60. The van der Waals surface area contributed by atoms with Gasteiger partial charge in [-0.1, -0.05) is 17.7 Å². The number of rotatable bonds is 9. The minimum absolute atomic E-state index is 0.0158. The second kappa shape index (κ2) is 11.0. The summed E-state index contributed by atoms with van der Waals surface area (Å²) in [6.07, 6.45) is -0.824. The highest BCUT2D eigenvalue weighted by Crippen LogP contribution is 2.39. The van der Waals surface area contributed by atoms with E-state index in [1.54, 1.807) is 12.1 Å². The molecule has 0 radical (unpaired) electrons. The van der Waals surface area contributed by atoms with Crippen molar-refractivity contribution < 1.29 is 41.1 Å². The van der Waals surface area contributed by atoms with Crippen LogP contribution in [0.15, 0.2) is 41.3 Å². The van der Waals surface area contributed by atoms with Gasteiger partial charge in [0.25, 0.3) is 16.0 Å². The largest absolute Gasteiger partial charge is 0.493 e. The standard InChI is InChI=1S/C24H29NO9S/c1-15-6-8-19(9-7-15)35(28,29)34-18-12-17(13-22(26)32-4)25(14-18)24(27)16-10-20(30-2)23(33-5)21(11-16)31-3/h6-11,17-18H,12-14H2,1-5H3/t17-,18-/m0/s1. The molecule has 3 rings (SSSR count). The predicted molar refractivity (Wildman–Crippen MR) is 125 cm³/mol. The summed E-state index contributed by atoms with van der Waals surface area (Å²) < 4.78 is 51.8. The summed E-state index contributed by atoms with van der Waals surface area (Å²) in [6, 6.07) is 8.63. The fourth-order valence-corrected chi connectivity index (χ4v) is 5.05. The molecule has 0 spiro atoms. The lowest BCUT2D eigenvalue weighted by atomic mass is 10.1. The van der Waals surface area contributed by atoms with Crippen molar-refractivity contribution >= 4 is 22.0 Å². The van der Waals surface area contributed by atoms with Gasteiger partial charge in [-0.25, -0.2) is 0 Å². The van der Waals surface area contributed by atoms with Gasteiger partial charge in [-0.15, -0.1) is 0 Å². The third kappa shape index (κ3) is 5.85. The third-order valence-electron chi connectivity index (χ3n) is 5.75. The fourth-order valence-electron chi connectivity index (χ4n) is 3.97. The van der Waals surface area contributed by atoms with E-state index >= 15 is 0 Å². The molecule has 2 aromatic carbocycles. The Bertz CT molecular complexity index is 1150. The number of amides is 1. The molecule has 0 aromatic heterocycles. The van der Waals surface area contributed by atoms with Gasteiger partial charge in [0.2, 0.25) is 5.75 Å². The van der Waals surface area contributed by atoms with Gasteiger partial charge >= 0.3 is 5.97 Å². The van der Waals surface area contributed by atoms with Gasteiger partial charge in [-0.2, -0.15) is 8.42 Å². The average molecular weight is 508 g/mol. The van der Waals surface area contributed by atoms with E-state index in [2.05, 4.69) is 0 Å². The van der Waals surface area contributed by atoms with Crippen LogP contribution in [0.2, 0.25) is 0 Å². The molecule has 1 saturated heterocycles. The van der Waals surface area contributed by atoms with Gasteiger partial charge in [0.15, 0.2) is 11.5 Å². The molecule has 1 aliphatic heterocycles. The van der Waals surface area contributed by atoms with Crippen LogP contribution in [-0.2, 0) is 23.8 Å². The average Bonchev–Trinajstić information content (AvgIpc) is 3.23. The Kier molecular flexibility index (Phi) is 8.23. The van der Waals surface area contributed by atoms with Crippen LogP contribution in [0.1, 0.15) is 28.8 Å². The highest BCUT2D eigenvalue weighted by molar-refractivity contribution is 7.86. The zero-order chi connectivity index (χ0) is 25.8. The summed E-state index contributed by atoms with van der Waals surface area (Å²) in [4.78, 5) is 27.0. The summed E-state index contributed by atoms with van der Waals surface area (Å²) in [6.45, 7) is 1.81. The summed E-state index contributed by atoms with van der Waals surface area (Å²) >= 11 is 0. The van der Waals surface area contributed by atoms with Gasteiger partial charge in [-0.05, 0) is 37.6 Å². The SMILES string of the molecule is COC(=O)C[C@@H]1C[C@H](OS(=O)(=O)c2ccc(C)cc2)CN1C(=O)c1cc(OC)c(OC)c(OC)c1. The van der Waals surface area contributed by atoms with Crippen LogP contribution in [0.25, 0.3) is 0 Å². The number of hydrogen-bond donors (Lipinski definition) is 0. The molecule has 0 unspecified atom stereocenters. The molecule has 11 heteroatoms. The molecule has 0 saturated carbocycles. The van der Waals surface area contributed by atoms with E-state index in [0.29, 0.717) is 5.75 Å². The smallest absolute Gasteiger partial charge is 0.307 e. The van der Waals surface area contributed by atoms with Crippen molar-refractivity contribution in [3.63, 3.8) is 0 Å². The molecule has 190 valence electrons. The highest BCUT2D eigenvalue weighted by atomic mass is 32.2. The second-order valence-electron chi connectivity index (χ2n) is 8.03. The van der Waals surface area contributed by atoms with Crippen LogP contribution < -0.4 is 14.2 Å². The van der Waals surface area contributed by atoms with Crippen molar-refractivity contribution in [2.24, 2.45) is 0 Å². The number of ether oxygens (including phenoxy) is 4. The first-order valence-corrected chi connectivity index (χ1v) is 12.2. The summed E-state index contributed by atoms with van der Waals surface area (Å²) in [5.41, 5.74) is 1.13. The van der Waals surface area contributed by atoms with E-state index in [1.807, 2.05) is 6.92 Å². The minimum atomic E-state index is -4.07. The van der Waals surface area contributed by atoms with E-state index < -0.39 is 34.1 Å². The first kappa shape index (κ1) is 26.3. The molecule has 1 amide bonds. The van der Waals surface area contributed by atoms with Gasteiger partial charge in [0, 0.05) is 18.2 Å². The predicted octanol–water partition coefficient (Wildman–Crippen LogP) is 2.57. The van der Waals surface area contributed by atoms with Crippen LogP contribution in [0.5, 0.6) is 17.2 Å². The maximum Gasteiger partial charge on any atom is 0.307 e. The summed E-state index contributed by atoms with van der Waals surface area (Å²) in [5, 5.41) is 0. The van der Waals surface area contributed by atoms with Crippen molar-refractivity contribution in [1.82, 2.24) is 4.90 Å².